The van der Waals surface area contributed by atoms with Crippen LogP contribution >= 0.6 is 27.3 Å². The van der Waals surface area contributed by atoms with Crippen molar-refractivity contribution in [1.29, 1.82) is 0 Å². The predicted octanol–water partition coefficient (Wildman–Crippen LogP) is 4.34. The molecule has 0 bridgehead atoms. The second-order valence-corrected chi connectivity index (χ2v) is 7.94. The Bertz CT molecular complexity index is 588. The van der Waals surface area contributed by atoms with Crippen LogP contribution in [0.15, 0.2) is 22.2 Å². The van der Waals surface area contributed by atoms with Gasteiger partial charge < -0.3 is 5.32 Å². The van der Waals surface area contributed by atoms with Crippen molar-refractivity contribution in [1.82, 2.24) is 15.0 Å². The van der Waals surface area contributed by atoms with E-state index in [1.165, 1.54) is 0 Å². The lowest BCUT2D eigenvalue weighted by atomic mass is 9.96. The molecule has 2 heterocycles. The summed E-state index contributed by atoms with van der Waals surface area (Å²) in [6.45, 7) is 10.5. The van der Waals surface area contributed by atoms with Crippen LogP contribution in [0.25, 0.3) is 0 Å². The Morgan fingerprint density at radius 3 is 2.40 bits per heavy atom. The highest BCUT2D eigenvalue weighted by Crippen LogP contribution is 2.28. The molecule has 2 aromatic rings. The van der Waals surface area contributed by atoms with Gasteiger partial charge in [0.15, 0.2) is 0 Å². The molecule has 0 aliphatic heterocycles. The molecule has 1 N–H and O–H groups in total. The minimum Gasteiger partial charge on any atom is -0.359 e. The lowest BCUT2D eigenvalue weighted by Crippen LogP contribution is -2.29. The zero-order chi connectivity index (χ0) is 15.0. The van der Waals surface area contributed by atoms with Crippen molar-refractivity contribution in [3.63, 3.8) is 0 Å². The zero-order valence-corrected chi connectivity index (χ0v) is 14.8. The first-order valence-electron chi connectivity index (χ1n) is 6.42. The number of halogens is 1. The van der Waals surface area contributed by atoms with Crippen LogP contribution in [0.5, 0.6) is 0 Å². The van der Waals surface area contributed by atoms with Crippen LogP contribution in [-0.4, -0.2) is 15.0 Å². The fraction of sp³-hybridized carbons (Fsp3) is 0.500. The SMILES string of the molecule is CC(C)(C)c1nc(Br)cc(NC(C)(C)c2nccs2)n1. The van der Waals surface area contributed by atoms with Crippen molar-refractivity contribution in [2.45, 2.75) is 45.6 Å². The van der Waals surface area contributed by atoms with Gasteiger partial charge in [0.05, 0.1) is 5.54 Å². The molecule has 2 aromatic heterocycles. The van der Waals surface area contributed by atoms with Crippen molar-refractivity contribution in [3.8, 4) is 0 Å². The smallest absolute Gasteiger partial charge is 0.137 e. The summed E-state index contributed by atoms with van der Waals surface area (Å²) in [5.74, 6) is 1.61. The molecule has 0 aliphatic carbocycles. The second kappa shape index (κ2) is 5.41. The van der Waals surface area contributed by atoms with Crippen LogP contribution in [0.1, 0.15) is 45.5 Å². The quantitative estimate of drug-likeness (QED) is 0.832. The summed E-state index contributed by atoms with van der Waals surface area (Å²) < 4.78 is 0.787. The summed E-state index contributed by atoms with van der Waals surface area (Å²) in [6, 6.07) is 1.89. The van der Waals surface area contributed by atoms with E-state index in [2.05, 4.69) is 70.8 Å². The lowest BCUT2D eigenvalue weighted by molar-refractivity contribution is 0.540. The topological polar surface area (TPSA) is 50.7 Å². The molecule has 0 radical (unpaired) electrons. The maximum absolute atomic E-state index is 4.62. The van der Waals surface area contributed by atoms with E-state index < -0.39 is 0 Å². The monoisotopic (exact) mass is 354 g/mol. The van der Waals surface area contributed by atoms with Crippen LogP contribution in [0.2, 0.25) is 0 Å². The van der Waals surface area contributed by atoms with Gasteiger partial charge in [0.2, 0.25) is 0 Å². The third-order valence-corrected chi connectivity index (χ3v) is 4.28. The van der Waals surface area contributed by atoms with Crippen LogP contribution in [-0.2, 0) is 11.0 Å². The number of anilines is 1. The maximum Gasteiger partial charge on any atom is 0.137 e. The van der Waals surface area contributed by atoms with Gasteiger partial charge in [-0.25, -0.2) is 15.0 Å². The Kier molecular flexibility index (Phi) is 4.16. The van der Waals surface area contributed by atoms with Gasteiger partial charge in [-0.2, -0.15) is 0 Å². The van der Waals surface area contributed by atoms with Crippen LogP contribution in [0.3, 0.4) is 0 Å². The third kappa shape index (κ3) is 3.55. The summed E-state index contributed by atoms with van der Waals surface area (Å²) in [5, 5.41) is 6.45. The van der Waals surface area contributed by atoms with Crippen LogP contribution < -0.4 is 5.32 Å². The van der Waals surface area contributed by atoms with Gasteiger partial charge >= 0.3 is 0 Å². The van der Waals surface area contributed by atoms with Crippen LogP contribution in [0.4, 0.5) is 5.82 Å². The van der Waals surface area contributed by atoms with Crippen molar-refractivity contribution >= 4 is 33.1 Å². The number of nitrogens with zero attached hydrogens (tertiary/aromatic N) is 3. The highest BCUT2D eigenvalue weighted by atomic mass is 79.9. The molecular formula is C14H19BrN4S. The minimum atomic E-state index is -0.267. The molecular weight excluding hydrogens is 336 g/mol. The van der Waals surface area contributed by atoms with Gasteiger partial charge in [0.1, 0.15) is 21.3 Å². The summed E-state index contributed by atoms with van der Waals surface area (Å²) in [6.07, 6.45) is 1.82. The Morgan fingerprint density at radius 1 is 1.15 bits per heavy atom. The van der Waals surface area contributed by atoms with E-state index in [4.69, 9.17) is 0 Å². The molecule has 0 aliphatic rings. The van der Waals surface area contributed by atoms with Crippen molar-refractivity contribution in [2.24, 2.45) is 0 Å². The largest absolute Gasteiger partial charge is 0.359 e. The van der Waals surface area contributed by atoms with Crippen molar-refractivity contribution < 1.29 is 0 Å². The van der Waals surface area contributed by atoms with Gasteiger partial charge in [-0.05, 0) is 29.8 Å². The fourth-order valence-electron chi connectivity index (χ4n) is 1.72. The third-order valence-electron chi connectivity index (χ3n) is 2.77. The fourth-order valence-corrected chi connectivity index (χ4v) is 2.83. The molecule has 4 nitrogen and oxygen atoms in total. The van der Waals surface area contributed by atoms with Crippen molar-refractivity contribution in [2.75, 3.05) is 5.32 Å². The van der Waals surface area contributed by atoms with Crippen molar-refractivity contribution in [3.05, 3.63) is 33.1 Å². The number of hydrogen-bond donors (Lipinski definition) is 1. The molecule has 108 valence electrons. The van der Waals surface area contributed by atoms with Gasteiger partial charge in [-0.1, -0.05) is 20.8 Å². The molecule has 0 spiro atoms. The van der Waals surface area contributed by atoms with E-state index in [0.717, 1.165) is 21.3 Å². The molecule has 0 amide bonds. The summed E-state index contributed by atoms with van der Waals surface area (Å²) >= 11 is 5.09. The number of aromatic nitrogens is 3. The van der Waals surface area contributed by atoms with Crippen LogP contribution in [0, 0.1) is 0 Å². The molecule has 6 heteroatoms. The van der Waals surface area contributed by atoms with E-state index in [9.17, 15) is 0 Å². The van der Waals surface area contributed by atoms with Gasteiger partial charge in [0, 0.05) is 23.1 Å². The molecule has 0 saturated carbocycles. The highest BCUT2D eigenvalue weighted by molar-refractivity contribution is 9.10. The molecule has 0 atom stereocenters. The van der Waals surface area contributed by atoms with E-state index >= 15 is 0 Å². The normalized spacial score (nSPS) is 12.5. The second-order valence-electron chi connectivity index (χ2n) is 6.24. The first-order valence-corrected chi connectivity index (χ1v) is 8.09. The molecule has 2 rings (SSSR count). The van der Waals surface area contributed by atoms with E-state index in [1.807, 2.05) is 17.6 Å². The van der Waals surface area contributed by atoms with E-state index in [-0.39, 0.29) is 11.0 Å². The Hall–Kier alpha value is -1.01. The number of hydrogen-bond acceptors (Lipinski definition) is 5. The predicted molar refractivity (Wildman–Crippen MR) is 87.2 cm³/mol. The first kappa shape index (κ1) is 15.4. The highest BCUT2D eigenvalue weighted by Gasteiger charge is 2.25. The molecule has 0 unspecified atom stereocenters. The molecule has 20 heavy (non-hydrogen) atoms. The summed E-state index contributed by atoms with van der Waals surface area (Å²) in [4.78, 5) is 13.5. The van der Waals surface area contributed by atoms with E-state index in [1.54, 1.807) is 11.3 Å². The molecule has 0 aromatic carbocycles. The zero-order valence-electron chi connectivity index (χ0n) is 12.4. The molecule has 0 saturated heterocycles. The number of thiazole rings is 1. The first-order chi connectivity index (χ1) is 9.18. The number of nitrogens with one attached hydrogen (secondary N) is 1. The Balaban J connectivity index is 2.32. The van der Waals surface area contributed by atoms with E-state index in [0.29, 0.717) is 0 Å². The Morgan fingerprint density at radius 2 is 1.85 bits per heavy atom. The molecule has 0 fully saturated rings. The lowest BCUT2D eigenvalue weighted by Gasteiger charge is -2.26. The Labute approximate surface area is 132 Å². The van der Waals surface area contributed by atoms with Gasteiger partial charge in [0.25, 0.3) is 0 Å². The maximum atomic E-state index is 4.62. The van der Waals surface area contributed by atoms with Gasteiger partial charge in [-0.3, -0.25) is 0 Å². The summed E-state index contributed by atoms with van der Waals surface area (Å²) in [5.41, 5.74) is -0.358. The van der Waals surface area contributed by atoms with Gasteiger partial charge in [-0.15, -0.1) is 11.3 Å². The number of rotatable bonds is 3. The summed E-state index contributed by atoms with van der Waals surface area (Å²) in [7, 11) is 0. The minimum absolute atomic E-state index is 0.0917. The average Bonchev–Trinajstić information content (AvgIpc) is 2.79. The standard InChI is InChI=1S/C14H19BrN4S/c1-13(2,3)11-17-9(15)8-10(18-11)19-14(4,5)12-16-6-7-20-12/h6-8H,1-5H3,(H,17,18,19). The average molecular weight is 355 g/mol.